The Hall–Kier alpha value is 0.799. The quantitative estimate of drug-likeness (QED) is 0.519. The van der Waals surface area contributed by atoms with Gasteiger partial charge in [-0.25, -0.2) is 0 Å². The van der Waals surface area contributed by atoms with Gasteiger partial charge < -0.3 is 0 Å². The van der Waals surface area contributed by atoms with Gasteiger partial charge in [-0.15, -0.1) is 0 Å². The molecule has 3 aliphatic rings. The number of hydrogen-bond donors (Lipinski definition) is 0. The molecule has 3 rings (SSSR count). The molecule has 0 aromatic carbocycles. The van der Waals surface area contributed by atoms with Crippen molar-refractivity contribution in [3.05, 3.63) is 0 Å². The summed E-state index contributed by atoms with van der Waals surface area (Å²) in [5, 5.41) is 0. The van der Waals surface area contributed by atoms with E-state index in [0.29, 0.717) is 0 Å². The zero-order valence-electron chi connectivity index (χ0n) is 12.9. The SMILES string of the molecule is C1CC[CH]([SnH]([CH]2CCCCC2)[CH]2CCCCC2)CC1. The van der Waals surface area contributed by atoms with Crippen molar-refractivity contribution >= 4 is 19.8 Å². The van der Waals surface area contributed by atoms with Gasteiger partial charge in [0.25, 0.3) is 0 Å². The van der Waals surface area contributed by atoms with Gasteiger partial charge in [0.05, 0.1) is 0 Å². The van der Waals surface area contributed by atoms with E-state index in [4.69, 9.17) is 0 Å². The van der Waals surface area contributed by atoms with Crippen LogP contribution in [0.2, 0.25) is 11.8 Å². The predicted octanol–water partition coefficient (Wildman–Crippen LogP) is 6.22. The third-order valence-corrected chi connectivity index (χ3v) is 21.6. The van der Waals surface area contributed by atoms with Crippen LogP contribution < -0.4 is 0 Å². The molecular weight excluding hydrogens is 335 g/mol. The molecule has 0 unspecified atom stereocenters. The minimum atomic E-state index is -1.31. The predicted molar refractivity (Wildman–Crippen MR) is 87.7 cm³/mol. The standard InChI is InChI=1S/3C6H11.Sn.H/c3*1-2-4-6-5-3-1;;/h3*1H,2-6H2;;. The van der Waals surface area contributed by atoms with E-state index in [9.17, 15) is 0 Å². The fourth-order valence-corrected chi connectivity index (χ4v) is 22.9. The molecule has 0 N–H and O–H groups in total. The van der Waals surface area contributed by atoms with Gasteiger partial charge in [-0.05, 0) is 0 Å². The van der Waals surface area contributed by atoms with Crippen molar-refractivity contribution in [2.45, 2.75) is 108 Å². The van der Waals surface area contributed by atoms with E-state index in [0.717, 1.165) is 0 Å². The van der Waals surface area contributed by atoms with Crippen molar-refractivity contribution in [2.24, 2.45) is 0 Å². The van der Waals surface area contributed by atoms with Crippen LogP contribution in [-0.2, 0) is 0 Å². The van der Waals surface area contributed by atoms with E-state index in [1.807, 2.05) is 0 Å². The van der Waals surface area contributed by atoms with Gasteiger partial charge in [-0.1, -0.05) is 0 Å². The molecule has 0 bridgehead atoms. The molecular formula is C18H34Sn. The Morgan fingerprint density at radius 1 is 0.368 bits per heavy atom. The first-order valence-corrected chi connectivity index (χ1v) is 15.2. The van der Waals surface area contributed by atoms with E-state index in [1.165, 1.54) is 11.8 Å². The molecule has 3 fully saturated rings. The zero-order valence-corrected chi connectivity index (χ0v) is 16.2. The Labute approximate surface area is 127 Å². The summed E-state index contributed by atoms with van der Waals surface area (Å²) in [6, 6.07) is 0. The molecule has 0 amide bonds. The van der Waals surface area contributed by atoms with Crippen LogP contribution in [0.15, 0.2) is 0 Å². The Kier molecular flexibility index (Phi) is 5.97. The number of rotatable bonds is 3. The first-order chi connectivity index (χ1) is 9.45. The molecule has 3 saturated carbocycles. The van der Waals surface area contributed by atoms with Crippen molar-refractivity contribution in [1.29, 1.82) is 0 Å². The van der Waals surface area contributed by atoms with E-state index in [-0.39, 0.29) is 0 Å². The fourth-order valence-electron chi connectivity index (χ4n) is 5.71. The van der Waals surface area contributed by atoms with Crippen molar-refractivity contribution < 1.29 is 0 Å². The van der Waals surface area contributed by atoms with Gasteiger partial charge in [-0.3, -0.25) is 0 Å². The number of hydrogen-bond acceptors (Lipinski definition) is 0. The maximum atomic E-state index is 1.67. The third kappa shape index (κ3) is 3.92. The monoisotopic (exact) mass is 370 g/mol. The van der Waals surface area contributed by atoms with Crippen LogP contribution in [0.3, 0.4) is 0 Å². The van der Waals surface area contributed by atoms with Crippen molar-refractivity contribution in [1.82, 2.24) is 0 Å². The molecule has 0 aromatic rings. The Bertz CT molecular complexity index is 202. The summed E-state index contributed by atoms with van der Waals surface area (Å²) in [7, 11) is 0. The molecule has 0 spiro atoms. The van der Waals surface area contributed by atoms with Gasteiger partial charge in [0, 0.05) is 0 Å². The normalized spacial score (nSPS) is 28.9. The molecule has 0 aromatic heterocycles. The molecule has 3 aliphatic carbocycles. The summed E-state index contributed by atoms with van der Waals surface area (Å²) < 4.78 is 4.00. The van der Waals surface area contributed by atoms with Crippen LogP contribution in [0.5, 0.6) is 0 Å². The molecule has 0 atom stereocenters. The first-order valence-electron chi connectivity index (χ1n) is 9.45. The molecule has 110 valence electrons. The molecule has 19 heavy (non-hydrogen) atoms. The molecule has 0 aliphatic heterocycles. The molecule has 0 nitrogen and oxygen atoms in total. The summed E-state index contributed by atoms with van der Waals surface area (Å²) in [6.07, 6.45) is 24.3. The summed E-state index contributed by atoms with van der Waals surface area (Å²) in [6.45, 7) is 0. The molecule has 0 radical (unpaired) electrons. The van der Waals surface area contributed by atoms with Gasteiger partial charge >= 0.3 is 128 Å². The van der Waals surface area contributed by atoms with Crippen LogP contribution in [0.1, 0.15) is 96.3 Å². The second-order valence-corrected chi connectivity index (χ2v) is 19.1. The molecule has 1 heteroatoms. The zero-order chi connectivity index (χ0) is 12.9. The van der Waals surface area contributed by atoms with Gasteiger partial charge in [0.1, 0.15) is 0 Å². The average molecular weight is 369 g/mol. The first kappa shape index (κ1) is 14.7. The van der Waals surface area contributed by atoms with Crippen LogP contribution in [-0.4, -0.2) is 19.8 Å². The van der Waals surface area contributed by atoms with E-state index >= 15 is 0 Å². The summed E-state index contributed by atoms with van der Waals surface area (Å²) in [5.74, 6) is 0. The summed E-state index contributed by atoms with van der Waals surface area (Å²) >= 11 is -1.31. The van der Waals surface area contributed by atoms with Gasteiger partial charge in [-0.2, -0.15) is 0 Å². The summed E-state index contributed by atoms with van der Waals surface area (Å²) in [5.41, 5.74) is 0. The Morgan fingerprint density at radius 3 is 0.895 bits per heavy atom. The third-order valence-electron chi connectivity index (χ3n) is 6.58. The second-order valence-electron chi connectivity index (χ2n) is 7.77. The molecule has 0 heterocycles. The van der Waals surface area contributed by atoms with E-state index in [1.54, 1.807) is 96.3 Å². The molecule has 0 saturated heterocycles. The van der Waals surface area contributed by atoms with Gasteiger partial charge in [0.15, 0.2) is 0 Å². The van der Waals surface area contributed by atoms with E-state index in [2.05, 4.69) is 0 Å². The topological polar surface area (TPSA) is 0 Å². The van der Waals surface area contributed by atoms with Crippen molar-refractivity contribution in [3.63, 3.8) is 0 Å². The second kappa shape index (κ2) is 7.71. The van der Waals surface area contributed by atoms with E-state index < -0.39 is 19.8 Å². The van der Waals surface area contributed by atoms with Crippen molar-refractivity contribution in [2.75, 3.05) is 0 Å². The maximum absolute atomic E-state index is 1.67. The van der Waals surface area contributed by atoms with Crippen LogP contribution >= 0.6 is 0 Å². The average Bonchev–Trinajstić information content (AvgIpc) is 2.51. The van der Waals surface area contributed by atoms with Crippen LogP contribution in [0.25, 0.3) is 0 Å². The minimum absolute atomic E-state index is 1.31. The Morgan fingerprint density at radius 2 is 0.632 bits per heavy atom. The van der Waals surface area contributed by atoms with Crippen LogP contribution in [0, 0.1) is 0 Å². The van der Waals surface area contributed by atoms with Crippen LogP contribution in [0.4, 0.5) is 0 Å². The fraction of sp³-hybridized carbons (Fsp3) is 1.00. The van der Waals surface area contributed by atoms with Crippen molar-refractivity contribution in [3.8, 4) is 0 Å². The summed E-state index contributed by atoms with van der Waals surface area (Å²) in [4.78, 5) is 0. The van der Waals surface area contributed by atoms with Gasteiger partial charge in [0.2, 0.25) is 0 Å². The Balaban J connectivity index is 1.68.